The van der Waals surface area contributed by atoms with Gasteiger partial charge in [0, 0.05) is 24.7 Å². The first-order chi connectivity index (χ1) is 9.10. The van der Waals surface area contributed by atoms with Crippen molar-refractivity contribution >= 4 is 17.6 Å². The molecule has 0 unspecified atom stereocenters. The van der Waals surface area contributed by atoms with E-state index in [0.717, 1.165) is 17.8 Å². The minimum atomic E-state index is -0.269. The second kappa shape index (κ2) is 5.51. The van der Waals surface area contributed by atoms with Crippen LogP contribution in [0.25, 0.3) is 0 Å². The van der Waals surface area contributed by atoms with Gasteiger partial charge in [-0.2, -0.15) is 0 Å². The summed E-state index contributed by atoms with van der Waals surface area (Å²) in [5.41, 5.74) is 2.58. The Labute approximate surface area is 111 Å². The van der Waals surface area contributed by atoms with Crippen LogP contribution in [0.15, 0.2) is 22.6 Å². The predicted molar refractivity (Wildman–Crippen MR) is 72.3 cm³/mol. The maximum absolute atomic E-state index is 12.0. The molecular weight excluding hydrogens is 244 g/mol. The molecule has 1 amide bonds. The third kappa shape index (κ3) is 3.09. The Hall–Kier alpha value is -2.37. The smallest absolute Gasteiger partial charge is 0.322 e. The first-order valence-corrected chi connectivity index (χ1v) is 6.06. The highest BCUT2D eigenvalue weighted by molar-refractivity contribution is 6.03. The van der Waals surface area contributed by atoms with Crippen molar-refractivity contribution in [1.82, 2.24) is 10.2 Å². The Balaban J connectivity index is 2.13. The zero-order valence-electron chi connectivity index (χ0n) is 11.2. The fourth-order valence-electron chi connectivity index (χ4n) is 1.71. The maximum Gasteiger partial charge on any atom is 0.322 e. The Morgan fingerprint density at radius 3 is 2.68 bits per heavy atom. The lowest BCUT2D eigenvalue weighted by atomic mass is 10.1. The molecule has 2 aromatic rings. The minimum absolute atomic E-state index is 0.107. The number of hydrogen-bond acceptors (Lipinski definition) is 5. The van der Waals surface area contributed by atoms with E-state index in [4.69, 9.17) is 4.42 Å². The highest BCUT2D eigenvalue weighted by atomic mass is 16.4. The molecule has 0 atom stereocenters. The highest BCUT2D eigenvalue weighted by Crippen LogP contribution is 2.17. The van der Waals surface area contributed by atoms with Crippen LogP contribution in [0.1, 0.15) is 28.7 Å². The van der Waals surface area contributed by atoms with Gasteiger partial charge in [-0.3, -0.25) is 10.1 Å². The number of anilines is 2. The average Bonchev–Trinajstić information content (AvgIpc) is 2.77. The summed E-state index contributed by atoms with van der Waals surface area (Å²) in [4.78, 5) is 12.0. The number of amides is 1. The van der Waals surface area contributed by atoms with Crippen LogP contribution in [0.4, 0.5) is 11.7 Å². The molecule has 2 rings (SSSR count). The number of benzene rings is 1. The number of nitrogens with zero attached hydrogens (tertiary/aromatic N) is 2. The summed E-state index contributed by atoms with van der Waals surface area (Å²) < 4.78 is 5.10. The molecule has 1 heterocycles. The van der Waals surface area contributed by atoms with Crippen LogP contribution in [0.3, 0.4) is 0 Å². The van der Waals surface area contributed by atoms with E-state index in [2.05, 4.69) is 20.8 Å². The van der Waals surface area contributed by atoms with Crippen molar-refractivity contribution < 1.29 is 9.21 Å². The Morgan fingerprint density at radius 2 is 2.11 bits per heavy atom. The number of carbonyl (C=O) groups excluding carboxylic acids is 1. The largest absolute Gasteiger partial charge is 0.408 e. The van der Waals surface area contributed by atoms with Gasteiger partial charge >= 0.3 is 6.01 Å². The second-order valence-corrected chi connectivity index (χ2v) is 4.14. The third-order valence-electron chi connectivity index (χ3n) is 2.60. The van der Waals surface area contributed by atoms with Crippen molar-refractivity contribution in [2.45, 2.75) is 20.8 Å². The molecule has 0 saturated heterocycles. The normalized spacial score (nSPS) is 10.3. The van der Waals surface area contributed by atoms with Crippen LogP contribution in [-0.2, 0) is 0 Å². The first-order valence-electron chi connectivity index (χ1n) is 6.06. The zero-order chi connectivity index (χ0) is 13.8. The number of rotatable bonds is 4. The lowest BCUT2D eigenvalue weighted by Gasteiger charge is -2.08. The van der Waals surface area contributed by atoms with E-state index in [0.29, 0.717) is 11.5 Å². The lowest BCUT2D eigenvalue weighted by Crippen LogP contribution is -2.12. The Morgan fingerprint density at radius 1 is 1.32 bits per heavy atom. The molecule has 0 bridgehead atoms. The van der Waals surface area contributed by atoms with Crippen molar-refractivity contribution in [3.05, 3.63) is 35.2 Å². The van der Waals surface area contributed by atoms with Crippen molar-refractivity contribution in [2.75, 3.05) is 17.2 Å². The van der Waals surface area contributed by atoms with Gasteiger partial charge in [-0.1, -0.05) is 5.10 Å². The molecular formula is C13H16N4O2. The van der Waals surface area contributed by atoms with Crippen molar-refractivity contribution in [3.8, 4) is 0 Å². The molecule has 100 valence electrons. The van der Waals surface area contributed by atoms with Gasteiger partial charge in [0.15, 0.2) is 0 Å². The lowest BCUT2D eigenvalue weighted by molar-refractivity contribution is 0.102. The molecule has 2 N–H and O–H groups in total. The molecule has 6 nitrogen and oxygen atoms in total. The molecule has 0 aliphatic rings. The number of aromatic nitrogens is 2. The van der Waals surface area contributed by atoms with Crippen molar-refractivity contribution in [1.29, 1.82) is 0 Å². The summed E-state index contributed by atoms with van der Waals surface area (Å²) in [5.74, 6) is 0.142. The van der Waals surface area contributed by atoms with E-state index < -0.39 is 0 Å². The van der Waals surface area contributed by atoms with Gasteiger partial charge < -0.3 is 9.73 Å². The summed E-state index contributed by atoms with van der Waals surface area (Å²) in [6.45, 7) is 6.48. The van der Waals surface area contributed by atoms with E-state index in [9.17, 15) is 4.79 Å². The minimum Gasteiger partial charge on any atom is -0.408 e. The summed E-state index contributed by atoms with van der Waals surface area (Å²) in [7, 11) is 0. The summed E-state index contributed by atoms with van der Waals surface area (Å²) in [5, 5.41) is 13.1. The van der Waals surface area contributed by atoms with Crippen LogP contribution >= 0.6 is 0 Å². The molecule has 1 aromatic carbocycles. The van der Waals surface area contributed by atoms with Crippen LogP contribution in [0.2, 0.25) is 0 Å². The van der Waals surface area contributed by atoms with Crippen LogP contribution in [0.5, 0.6) is 0 Å². The highest BCUT2D eigenvalue weighted by Gasteiger charge is 2.11. The molecule has 0 radical (unpaired) electrons. The number of nitrogens with one attached hydrogen (secondary N) is 2. The van der Waals surface area contributed by atoms with Gasteiger partial charge in [0.1, 0.15) is 0 Å². The van der Waals surface area contributed by atoms with Gasteiger partial charge in [-0.15, -0.1) is 5.10 Å². The third-order valence-corrected chi connectivity index (χ3v) is 2.60. The number of hydrogen-bond donors (Lipinski definition) is 2. The van der Waals surface area contributed by atoms with Gasteiger partial charge in [0.05, 0.1) is 0 Å². The Bertz CT molecular complexity index is 592. The van der Waals surface area contributed by atoms with Gasteiger partial charge in [-0.05, 0) is 37.6 Å². The van der Waals surface area contributed by atoms with Crippen LogP contribution in [-0.4, -0.2) is 22.6 Å². The molecule has 0 saturated carbocycles. The Kier molecular flexibility index (Phi) is 3.79. The molecule has 0 fully saturated rings. The topological polar surface area (TPSA) is 80.0 Å². The van der Waals surface area contributed by atoms with Gasteiger partial charge in [0.2, 0.25) is 5.89 Å². The fourth-order valence-corrected chi connectivity index (χ4v) is 1.71. The van der Waals surface area contributed by atoms with E-state index in [1.807, 2.05) is 26.0 Å². The number of aryl methyl sites for hydroxylation is 2. The molecule has 19 heavy (non-hydrogen) atoms. The van der Waals surface area contributed by atoms with E-state index in [-0.39, 0.29) is 11.9 Å². The van der Waals surface area contributed by atoms with Crippen molar-refractivity contribution in [3.63, 3.8) is 0 Å². The molecule has 0 spiro atoms. The quantitative estimate of drug-likeness (QED) is 0.882. The van der Waals surface area contributed by atoms with Crippen molar-refractivity contribution in [2.24, 2.45) is 0 Å². The fraction of sp³-hybridized carbons (Fsp3) is 0.308. The number of carbonyl (C=O) groups is 1. The molecule has 0 aliphatic heterocycles. The average molecular weight is 260 g/mol. The monoisotopic (exact) mass is 260 g/mol. The summed E-state index contributed by atoms with van der Waals surface area (Å²) in [6.07, 6.45) is 0. The summed E-state index contributed by atoms with van der Waals surface area (Å²) in [6, 6.07) is 5.56. The van der Waals surface area contributed by atoms with E-state index in [1.165, 1.54) is 0 Å². The molecule has 0 aliphatic carbocycles. The van der Waals surface area contributed by atoms with E-state index >= 15 is 0 Å². The molecule has 6 heteroatoms. The SMILES string of the molecule is CCNc1ccc(C(=O)Nc2nnc(C)o2)cc1C. The van der Waals surface area contributed by atoms with Crippen LogP contribution < -0.4 is 10.6 Å². The van der Waals surface area contributed by atoms with Gasteiger partial charge in [-0.25, -0.2) is 0 Å². The second-order valence-electron chi connectivity index (χ2n) is 4.14. The standard InChI is InChI=1S/C13H16N4O2/c1-4-14-11-6-5-10(7-8(11)2)12(18)15-13-17-16-9(3)19-13/h5-7,14H,4H2,1-3H3,(H,15,17,18). The van der Waals surface area contributed by atoms with E-state index in [1.54, 1.807) is 13.0 Å². The summed E-state index contributed by atoms with van der Waals surface area (Å²) >= 11 is 0. The van der Waals surface area contributed by atoms with Crippen LogP contribution in [0, 0.1) is 13.8 Å². The first kappa shape index (κ1) is 13.1. The predicted octanol–water partition coefficient (Wildman–Crippen LogP) is 2.37. The zero-order valence-corrected chi connectivity index (χ0v) is 11.2. The van der Waals surface area contributed by atoms with Gasteiger partial charge in [0.25, 0.3) is 5.91 Å². The maximum atomic E-state index is 12.0. The molecule has 1 aromatic heterocycles.